The molecule has 1 aliphatic heterocycles. The first-order valence-corrected chi connectivity index (χ1v) is 8.31. The normalized spacial score (nSPS) is 17.9. The lowest BCUT2D eigenvalue weighted by atomic mass is 9.97. The van der Waals surface area contributed by atoms with Crippen LogP contribution in [0.4, 0.5) is 4.39 Å². The van der Waals surface area contributed by atoms with E-state index in [1.165, 1.54) is 10.9 Å². The average molecular weight is 325 g/mol. The highest BCUT2D eigenvalue weighted by Crippen LogP contribution is 2.37. The van der Waals surface area contributed by atoms with Crippen molar-refractivity contribution in [3.8, 4) is 0 Å². The maximum absolute atomic E-state index is 14.0. The van der Waals surface area contributed by atoms with Crippen LogP contribution in [0.25, 0.3) is 0 Å². The first kappa shape index (κ1) is 15.0. The fraction of sp³-hybridized carbons (Fsp3) is 0.375. The fourth-order valence-electron chi connectivity index (χ4n) is 2.87. The van der Waals surface area contributed by atoms with Gasteiger partial charge in [0.05, 0.1) is 10.4 Å². The number of nitrogens with zero attached hydrogens (tertiary/aromatic N) is 1. The topological polar surface area (TPSA) is 15.3 Å². The van der Waals surface area contributed by atoms with Gasteiger partial charge >= 0.3 is 0 Å². The van der Waals surface area contributed by atoms with Gasteiger partial charge in [-0.25, -0.2) is 4.39 Å². The minimum Gasteiger partial charge on any atom is -0.314 e. The molecule has 1 aliphatic rings. The van der Waals surface area contributed by atoms with Gasteiger partial charge in [0.2, 0.25) is 0 Å². The highest BCUT2D eigenvalue weighted by atomic mass is 35.5. The summed E-state index contributed by atoms with van der Waals surface area (Å²) in [6.45, 7) is 5.69. The Labute approximate surface area is 133 Å². The van der Waals surface area contributed by atoms with Crippen molar-refractivity contribution in [2.24, 2.45) is 0 Å². The van der Waals surface area contributed by atoms with Gasteiger partial charge in [-0.05, 0) is 36.2 Å². The minimum absolute atomic E-state index is 0.0836. The molecule has 2 nitrogen and oxygen atoms in total. The molecule has 1 N–H and O–H groups in total. The van der Waals surface area contributed by atoms with E-state index in [-0.39, 0.29) is 11.9 Å². The van der Waals surface area contributed by atoms with Crippen LogP contribution in [-0.2, 0) is 0 Å². The van der Waals surface area contributed by atoms with Crippen molar-refractivity contribution in [1.82, 2.24) is 10.2 Å². The Morgan fingerprint density at radius 3 is 2.67 bits per heavy atom. The summed E-state index contributed by atoms with van der Waals surface area (Å²) < 4.78 is 14.8. The Morgan fingerprint density at radius 1 is 1.24 bits per heavy atom. The number of nitrogens with one attached hydrogen (secondary N) is 1. The molecule has 0 amide bonds. The van der Waals surface area contributed by atoms with E-state index in [2.05, 4.69) is 16.3 Å². The van der Waals surface area contributed by atoms with E-state index in [4.69, 9.17) is 11.6 Å². The highest BCUT2D eigenvalue weighted by molar-refractivity contribution is 7.16. The summed E-state index contributed by atoms with van der Waals surface area (Å²) in [7, 11) is 0. The summed E-state index contributed by atoms with van der Waals surface area (Å²) >= 11 is 7.70. The van der Waals surface area contributed by atoms with E-state index >= 15 is 0 Å². The summed E-state index contributed by atoms with van der Waals surface area (Å²) in [5, 5.41) is 3.37. The molecule has 1 atom stereocenters. The standard InChI is InChI=1S/C16H18ClFN2S/c1-11-12(3-2-4-13(11)18)16(14-5-6-15(17)21-14)20-9-7-19-8-10-20/h2-6,16,19H,7-10H2,1H3/t16-/m0/s1. The zero-order chi connectivity index (χ0) is 14.8. The van der Waals surface area contributed by atoms with Crippen molar-refractivity contribution in [3.05, 3.63) is 56.5 Å². The van der Waals surface area contributed by atoms with Crippen LogP contribution in [0.15, 0.2) is 30.3 Å². The molecule has 0 saturated carbocycles. The van der Waals surface area contributed by atoms with Crippen LogP contribution in [-0.4, -0.2) is 31.1 Å². The van der Waals surface area contributed by atoms with Crippen molar-refractivity contribution >= 4 is 22.9 Å². The maximum atomic E-state index is 14.0. The minimum atomic E-state index is -0.143. The summed E-state index contributed by atoms with van der Waals surface area (Å²) in [6.07, 6.45) is 0. The first-order chi connectivity index (χ1) is 10.2. The third-order valence-corrected chi connectivity index (χ3v) is 5.27. The molecule has 0 unspecified atom stereocenters. The smallest absolute Gasteiger partial charge is 0.126 e. The molecule has 1 fully saturated rings. The lowest BCUT2D eigenvalue weighted by molar-refractivity contribution is 0.200. The molecule has 0 radical (unpaired) electrons. The largest absolute Gasteiger partial charge is 0.314 e. The molecule has 1 saturated heterocycles. The van der Waals surface area contributed by atoms with E-state index in [0.29, 0.717) is 0 Å². The molecule has 3 rings (SSSR count). The van der Waals surface area contributed by atoms with E-state index < -0.39 is 0 Å². The van der Waals surface area contributed by atoms with Gasteiger partial charge in [0, 0.05) is 31.1 Å². The maximum Gasteiger partial charge on any atom is 0.126 e. The Balaban J connectivity index is 2.04. The van der Waals surface area contributed by atoms with Gasteiger partial charge < -0.3 is 5.32 Å². The van der Waals surface area contributed by atoms with Crippen LogP contribution < -0.4 is 5.32 Å². The molecule has 5 heteroatoms. The number of benzene rings is 1. The number of piperazine rings is 1. The second-order valence-electron chi connectivity index (χ2n) is 5.28. The van der Waals surface area contributed by atoms with Crippen LogP contribution in [0.2, 0.25) is 4.34 Å². The predicted molar refractivity (Wildman–Crippen MR) is 86.8 cm³/mol. The SMILES string of the molecule is Cc1c(F)cccc1[C@@H](c1ccc(Cl)s1)N1CCNCC1. The Hall–Kier alpha value is -0.940. The molecular weight excluding hydrogens is 307 g/mol. The number of rotatable bonds is 3. The number of thiophene rings is 1. The third kappa shape index (κ3) is 3.14. The summed E-state index contributed by atoms with van der Waals surface area (Å²) in [5.74, 6) is -0.143. The summed E-state index contributed by atoms with van der Waals surface area (Å²) in [4.78, 5) is 3.58. The van der Waals surface area contributed by atoms with Gasteiger partial charge in [0.1, 0.15) is 5.82 Å². The van der Waals surface area contributed by atoms with Gasteiger partial charge in [-0.3, -0.25) is 4.90 Å². The number of halogens is 2. The lowest BCUT2D eigenvalue weighted by Gasteiger charge is -2.35. The zero-order valence-corrected chi connectivity index (χ0v) is 13.5. The highest BCUT2D eigenvalue weighted by Gasteiger charge is 2.27. The second kappa shape index (κ2) is 6.44. The van der Waals surface area contributed by atoms with Crippen molar-refractivity contribution in [3.63, 3.8) is 0 Å². The molecule has 2 heterocycles. The molecule has 21 heavy (non-hydrogen) atoms. The molecule has 0 spiro atoms. The van der Waals surface area contributed by atoms with Crippen LogP contribution in [0, 0.1) is 12.7 Å². The monoisotopic (exact) mass is 324 g/mol. The molecule has 1 aromatic carbocycles. The van der Waals surface area contributed by atoms with Crippen molar-refractivity contribution in [2.75, 3.05) is 26.2 Å². The number of hydrogen-bond acceptors (Lipinski definition) is 3. The van der Waals surface area contributed by atoms with Crippen LogP contribution in [0.1, 0.15) is 22.0 Å². The van der Waals surface area contributed by atoms with Gasteiger partial charge in [0.25, 0.3) is 0 Å². The third-order valence-electron chi connectivity index (χ3n) is 3.98. The van der Waals surface area contributed by atoms with E-state index in [9.17, 15) is 4.39 Å². The van der Waals surface area contributed by atoms with Gasteiger partial charge in [0.15, 0.2) is 0 Å². The molecule has 2 aromatic rings. The van der Waals surface area contributed by atoms with E-state index in [1.807, 2.05) is 19.1 Å². The quantitative estimate of drug-likeness (QED) is 0.922. The average Bonchev–Trinajstić information content (AvgIpc) is 2.91. The molecule has 112 valence electrons. The molecular formula is C16H18ClFN2S. The van der Waals surface area contributed by atoms with Crippen molar-refractivity contribution in [1.29, 1.82) is 0 Å². The zero-order valence-electron chi connectivity index (χ0n) is 11.9. The summed E-state index contributed by atoms with van der Waals surface area (Å²) in [5.41, 5.74) is 1.76. The molecule has 0 bridgehead atoms. The fourth-order valence-corrected chi connectivity index (χ4v) is 4.08. The van der Waals surface area contributed by atoms with Crippen molar-refractivity contribution in [2.45, 2.75) is 13.0 Å². The predicted octanol–water partition coefficient (Wildman–Crippen LogP) is 3.84. The summed E-state index contributed by atoms with van der Waals surface area (Å²) in [6, 6.07) is 9.41. The van der Waals surface area contributed by atoms with Gasteiger partial charge in [-0.1, -0.05) is 23.7 Å². The van der Waals surface area contributed by atoms with E-state index in [0.717, 1.165) is 41.6 Å². The van der Waals surface area contributed by atoms with Crippen LogP contribution in [0.3, 0.4) is 0 Å². The Kier molecular flexibility index (Phi) is 4.60. The number of hydrogen-bond donors (Lipinski definition) is 1. The van der Waals surface area contributed by atoms with Crippen LogP contribution >= 0.6 is 22.9 Å². The molecule has 1 aromatic heterocycles. The second-order valence-corrected chi connectivity index (χ2v) is 7.03. The van der Waals surface area contributed by atoms with Crippen molar-refractivity contribution < 1.29 is 4.39 Å². The van der Waals surface area contributed by atoms with Crippen LogP contribution in [0.5, 0.6) is 0 Å². The molecule has 0 aliphatic carbocycles. The van der Waals surface area contributed by atoms with Gasteiger partial charge in [-0.2, -0.15) is 0 Å². The first-order valence-electron chi connectivity index (χ1n) is 7.12. The lowest BCUT2D eigenvalue weighted by Crippen LogP contribution is -2.45. The Morgan fingerprint density at radius 2 is 2.00 bits per heavy atom. The van der Waals surface area contributed by atoms with E-state index in [1.54, 1.807) is 17.4 Å². The Bertz CT molecular complexity index is 622. The van der Waals surface area contributed by atoms with Gasteiger partial charge in [-0.15, -0.1) is 11.3 Å².